The molecule has 0 aliphatic carbocycles. The number of rotatable bonds is 3. The zero-order valence-electron chi connectivity index (χ0n) is 14.2. The molecule has 0 bridgehead atoms. The molecule has 130 valence electrons. The molecule has 0 amide bonds. The number of hydrogen-bond donors (Lipinski definition) is 1. The highest BCUT2D eigenvalue weighted by Gasteiger charge is 2.20. The number of para-hydroxylation sites is 2. The third kappa shape index (κ3) is 3.46. The number of halogens is 1. The number of fused-ring (bicyclic) bond motifs is 1. The van der Waals surface area contributed by atoms with Gasteiger partial charge in [-0.1, -0.05) is 30.3 Å². The number of benzene rings is 2. The van der Waals surface area contributed by atoms with Crippen molar-refractivity contribution in [2.24, 2.45) is 0 Å². The van der Waals surface area contributed by atoms with Crippen LogP contribution >= 0.6 is 12.4 Å². The molecule has 1 saturated heterocycles. The summed E-state index contributed by atoms with van der Waals surface area (Å²) in [6, 6.07) is 18.7. The van der Waals surface area contributed by atoms with Crippen LogP contribution in [0.4, 0.5) is 17.5 Å². The van der Waals surface area contributed by atoms with E-state index in [-0.39, 0.29) is 12.4 Å². The van der Waals surface area contributed by atoms with Crippen molar-refractivity contribution in [1.29, 1.82) is 0 Å². The molecule has 3 aromatic rings. The molecule has 4 rings (SSSR count). The Morgan fingerprint density at radius 3 is 2.16 bits per heavy atom. The van der Waals surface area contributed by atoms with Crippen LogP contribution in [0, 0.1) is 0 Å². The lowest BCUT2D eigenvalue weighted by Gasteiger charge is -2.36. The fraction of sp³-hybridized carbons (Fsp3) is 0.263. The third-order valence-corrected chi connectivity index (χ3v) is 4.51. The Kier molecular flexibility index (Phi) is 5.24. The average molecular weight is 356 g/mol. The van der Waals surface area contributed by atoms with Gasteiger partial charge in [-0.25, -0.2) is 4.98 Å². The molecule has 1 aromatic heterocycles. The van der Waals surface area contributed by atoms with Gasteiger partial charge in [-0.05, 0) is 24.3 Å². The molecule has 1 aliphatic rings. The van der Waals surface area contributed by atoms with Gasteiger partial charge >= 0.3 is 0 Å². The minimum atomic E-state index is 0. The van der Waals surface area contributed by atoms with Crippen molar-refractivity contribution in [2.75, 3.05) is 48.3 Å². The van der Waals surface area contributed by atoms with Gasteiger partial charge < -0.3 is 15.1 Å². The van der Waals surface area contributed by atoms with E-state index in [1.54, 1.807) is 0 Å². The molecule has 5 nitrogen and oxygen atoms in total. The molecule has 0 unspecified atom stereocenters. The summed E-state index contributed by atoms with van der Waals surface area (Å²) in [6.07, 6.45) is 0. The van der Waals surface area contributed by atoms with Crippen molar-refractivity contribution in [3.05, 3.63) is 54.6 Å². The Morgan fingerprint density at radius 1 is 0.800 bits per heavy atom. The molecular weight excluding hydrogens is 334 g/mol. The summed E-state index contributed by atoms with van der Waals surface area (Å²) in [6.45, 7) is 3.82. The maximum Gasteiger partial charge on any atom is 0.228 e. The van der Waals surface area contributed by atoms with Crippen LogP contribution in [0.15, 0.2) is 54.6 Å². The maximum absolute atomic E-state index is 4.76. The van der Waals surface area contributed by atoms with Gasteiger partial charge in [0.05, 0.1) is 5.52 Å². The highest BCUT2D eigenvalue weighted by Crippen LogP contribution is 2.24. The van der Waals surface area contributed by atoms with E-state index in [9.17, 15) is 0 Å². The number of nitrogens with zero attached hydrogens (tertiary/aromatic N) is 4. The topological polar surface area (TPSA) is 44.3 Å². The monoisotopic (exact) mass is 355 g/mol. The van der Waals surface area contributed by atoms with Gasteiger partial charge in [-0.15, -0.1) is 12.4 Å². The smallest absolute Gasteiger partial charge is 0.228 e. The summed E-state index contributed by atoms with van der Waals surface area (Å²) in [5.41, 5.74) is 2.27. The minimum Gasteiger partial charge on any atom is -0.372 e. The van der Waals surface area contributed by atoms with Crippen LogP contribution in [-0.4, -0.2) is 43.2 Å². The summed E-state index contributed by atoms with van der Waals surface area (Å²) in [5.74, 6) is 1.70. The molecule has 0 saturated carbocycles. The van der Waals surface area contributed by atoms with Crippen molar-refractivity contribution in [3.8, 4) is 0 Å². The van der Waals surface area contributed by atoms with Crippen LogP contribution in [0.25, 0.3) is 10.9 Å². The van der Waals surface area contributed by atoms with Crippen molar-refractivity contribution >= 4 is 40.8 Å². The van der Waals surface area contributed by atoms with Crippen LogP contribution < -0.4 is 15.1 Å². The molecule has 25 heavy (non-hydrogen) atoms. The van der Waals surface area contributed by atoms with E-state index in [1.165, 1.54) is 5.69 Å². The number of piperazine rings is 1. The summed E-state index contributed by atoms with van der Waals surface area (Å²) < 4.78 is 0. The Bertz CT molecular complexity index is 832. The SMILES string of the molecule is CNc1nc(N2CCN(c3ccccc3)CC2)nc2ccccc12.Cl. The van der Waals surface area contributed by atoms with Gasteiger partial charge in [0.2, 0.25) is 5.95 Å². The number of aromatic nitrogens is 2. The predicted molar refractivity (Wildman–Crippen MR) is 107 cm³/mol. The highest BCUT2D eigenvalue weighted by atomic mass is 35.5. The first-order valence-corrected chi connectivity index (χ1v) is 8.34. The third-order valence-electron chi connectivity index (χ3n) is 4.51. The van der Waals surface area contributed by atoms with Gasteiger partial charge in [0, 0.05) is 44.3 Å². The molecule has 0 spiro atoms. The largest absolute Gasteiger partial charge is 0.372 e. The molecule has 1 N–H and O–H groups in total. The summed E-state index contributed by atoms with van der Waals surface area (Å²) in [7, 11) is 1.91. The summed E-state index contributed by atoms with van der Waals surface area (Å²) in [5, 5.41) is 4.26. The first-order chi connectivity index (χ1) is 11.8. The zero-order chi connectivity index (χ0) is 16.4. The molecule has 0 atom stereocenters. The van der Waals surface area contributed by atoms with Crippen LogP contribution in [0.2, 0.25) is 0 Å². The highest BCUT2D eigenvalue weighted by molar-refractivity contribution is 5.90. The second kappa shape index (κ2) is 7.57. The van der Waals surface area contributed by atoms with Crippen molar-refractivity contribution in [3.63, 3.8) is 0 Å². The van der Waals surface area contributed by atoms with Crippen LogP contribution in [0.3, 0.4) is 0 Å². The standard InChI is InChI=1S/C19H21N5.ClH/c1-20-18-16-9-5-6-10-17(16)21-19(22-18)24-13-11-23(12-14-24)15-7-3-2-4-8-15;/h2-10H,11-14H2,1H3,(H,20,21,22);1H. The maximum atomic E-state index is 4.76. The van der Waals surface area contributed by atoms with Crippen LogP contribution in [0.1, 0.15) is 0 Å². The van der Waals surface area contributed by atoms with Gasteiger partial charge in [-0.3, -0.25) is 0 Å². The lowest BCUT2D eigenvalue weighted by Crippen LogP contribution is -2.47. The van der Waals surface area contributed by atoms with Gasteiger partial charge in [0.1, 0.15) is 5.82 Å². The Labute approximate surface area is 154 Å². The van der Waals surface area contributed by atoms with E-state index in [1.807, 2.05) is 25.2 Å². The normalized spacial score (nSPS) is 14.3. The molecule has 1 aliphatic heterocycles. The number of nitrogens with one attached hydrogen (secondary N) is 1. The summed E-state index contributed by atoms with van der Waals surface area (Å²) in [4.78, 5) is 14.2. The first kappa shape index (κ1) is 17.3. The predicted octanol–water partition coefficient (Wildman–Crippen LogP) is 3.42. The molecule has 2 aromatic carbocycles. The molecule has 1 fully saturated rings. The second-order valence-electron chi connectivity index (χ2n) is 5.95. The molecule has 0 radical (unpaired) electrons. The van der Waals surface area contributed by atoms with Crippen molar-refractivity contribution < 1.29 is 0 Å². The van der Waals surface area contributed by atoms with Gasteiger partial charge in [0.25, 0.3) is 0 Å². The van der Waals surface area contributed by atoms with Crippen molar-refractivity contribution in [2.45, 2.75) is 0 Å². The van der Waals surface area contributed by atoms with Crippen LogP contribution in [0.5, 0.6) is 0 Å². The van der Waals surface area contributed by atoms with Gasteiger partial charge in [-0.2, -0.15) is 4.98 Å². The fourth-order valence-corrected chi connectivity index (χ4v) is 3.20. The average Bonchev–Trinajstić information content (AvgIpc) is 2.68. The Hall–Kier alpha value is -2.53. The number of anilines is 3. The number of hydrogen-bond acceptors (Lipinski definition) is 5. The lowest BCUT2D eigenvalue weighted by molar-refractivity contribution is 0.641. The Balaban J connectivity index is 0.00000182. The Morgan fingerprint density at radius 2 is 1.44 bits per heavy atom. The second-order valence-corrected chi connectivity index (χ2v) is 5.95. The van der Waals surface area contributed by atoms with E-state index in [4.69, 9.17) is 9.97 Å². The van der Waals surface area contributed by atoms with Crippen LogP contribution in [-0.2, 0) is 0 Å². The summed E-state index contributed by atoms with van der Waals surface area (Å²) >= 11 is 0. The van der Waals surface area contributed by atoms with Crippen molar-refractivity contribution in [1.82, 2.24) is 9.97 Å². The van der Waals surface area contributed by atoms with Gasteiger partial charge in [0.15, 0.2) is 0 Å². The lowest BCUT2D eigenvalue weighted by atomic mass is 10.2. The minimum absolute atomic E-state index is 0. The van der Waals surface area contributed by atoms with E-state index in [0.29, 0.717) is 0 Å². The molecular formula is C19H22ClN5. The molecule has 2 heterocycles. The van der Waals surface area contributed by atoms with E-state index < -0.39 is 0 Å². The first-order valence-electron chi connectivity index (χ1n) is 8.34. The fourth-order valence-electron chi connectivity index (χ4n) is 3.20. The van der Waals surface area contributed by atoms with E-state index in [0.717, 1.165) is 48.8 Å². The zero-order valence-corrected chi connectivity index (χ0v) is 15.0. The quantitative estimate of drug-likeness (QED) is 0.780. The molecule has 6 heteroatoms. The van der Waals surface area contributed by atoms with E-state index in [2.05, 4.69) is 51.5 Å². The van der Waals surface area contributed by atoms with E-state index >= 15 is 0 Å².